The van der Waals surface area contributed by atoms with Gasteiger partial charge in [0.25, 0.3) is 0 Å². The summed E-state index contributed by atoms with van der Waals surface area (Å²) in [6, 6.07) is 0. The molecule has 0 radical (unpaired) electrons. The van der Waals surface area contributed by atoms with Crippen LogP contribution in [0.25, 0.3) is 0 Å². The fourth-order valence-electron chi connectivity index (χ4n) is 2.20. The monoisotopic (exact) mass is 560 g/mol. The average Bonchev–Trinajstić information content (AvgIpc) is 2.85. The van der Waals surface area contributed by atoms with Crippen molar-refractivity contribution in [1.82, 2.24) is 0 Å². The SMILES string of the molecule is C=CCOCCOCCOCCOCCOCCOCCOCCOCCOCCOCCBr. The molecular formula is C23H45BrO10. The molecule has 0 rings (SSSR count). The van der Waals surface area contributed by atoms with Gasteiger partial charge in [0, 0.05) is 5.33 Å². The van der Waals surface area contributed by atoms with Gasteiger partial charge in [0.1, 0.15) is 0 Å². The van der Waals surface area contributed by atoms with Gasteiger partial charge >= 0.3 is 0 Å². The summed E-state index contributed by atoms with van der Waals surface area (Å²) in [5.41, 5.74) is 0. The molecule has 0 saturated heterocycles. The second kappa shape index (κ2) is 32.8. The smallest absolute Gasteiger partial charge is 0.0704 e. The zero-order chi connectivity index (χ0) is 24.6. The first kappa shape index (κ1) is 33.8. The summed E-state index contributed by atoms with van der Waals surface area (Å²) in [6.07, 6.45) is 1.71. The summed E-state index contributed by atoms with van der Waals surface area (Å²) in [5.74, 6) is 0. The summed E-state index contributed by atoms with van der Waals surface area (Å²) in [5, 5.41) is 0.841. The molecule has 0 heterocycles. The average molecular weight is 562 g/mol. The van der Waals surface area contributed by atoms with E-state index in [0.29, 0.717) is 132 Å². The minimum Gasteiger partial charge on any atom is -0.378 e. The third-order valence-electron chi connectivity index (χ3n) is 3.81. The van der Waals surface area contributed by atoms with Gasteiger partial charge in [-0.3, -0.25) is 0 Å². The largest absolute Gasteiger partial charge is 0.378 e. The first-order valence-corrected chi connectivity index (χ1v) is 13.0. The Morgan fingerprint density at radius 1 is 0.353 bits per heavy atom. The van der Waals surface area contributed by atoms with Crippen molar-refractivity contribution in [3.05, 3.63) is 12.7 Å². The van der Waals surface area contributed by atoms with E-state index >= 15 is 0 Å². The number of halogens is 1. The van der Waals surface area contributed by atoms with E-state index in [2.05, 4.69) is 22.5 Å². The molecule has 11 heteroatoms. The van der Waals surface area contributed by atoms with Crippen molar-refractivity contribution in [2.45, 2.75) is 0 Å². The highest BCUT2D eigenvalue weighted by molar-refractivity contribution is 9.09. The zero-order valence-corrected chi connectivity index (χ0v) is 22.2. The summed E-state index contributed by atoms with van der Waals surface area (Å²) < 4.78 is 53.8. The van der Waals surface area contributed by atoms with E-state index in [1.807, 2.05) is 0 Å². The first-order chi connectivity index (χ1) is 16.9. The lowest BCUT2D eigenvalue weighted by molar-refractivity contribution is -0.0259. The molecule has 0 N–H and O–H groups in total. The molecule has 204 valence electrons. The van der Waals surface area contributed by atoms with Gasteiger partial charge in [0.05, 0.1) is 132 Å². The van der Waals surface area contributed by atoms with Gasteiger partial charge in [-0.15, -0.1) is 6.58 Å². The maximum atomic E-state index is 5.44. The van der Waals surface area contributed by atoms with Gasteiger partial charge in [-0.1, -0.05) is 22.0 Å². The van der Waals surface area contributed by atoms with Crippen LogP contribution in [0.2, 0.25) is 0 Å². The predicted molar refractivity (Wildman–Crippen MR) is 132 cm³/mol. The molecule has 0 amide bonds. The topological polar surface area (TPSA) is 92.3 Å². The molecule has 0 atom stereocenters. The van der Waals surface area contributed by atoms with Crippen LogP contribution in [0.4, 0.5) is 0 Å². The van der Waals surface area contributed by atoms with Crippen LogP contribution in [0.5, 0.6) is 0 Å². The lowest BCUT2D eigenvalue weighted by Gasteiger charge is -2.09. The predicted octanol–water partition coefficient (Wildman–Crippen LogP) is 1.73. The summed E-state index contributed by atoms with van der Waals surface area (Å²) >= 11 is 3.30. The number of hydrogen-bond donors (Lipinski definition) is 0. The number of hydrogen-bond acceptors (Lipinski definition) is 10. The highest BCUT2D eigenvalue weighted by Gasteiger charge is 1.95. The highest BCUT2D eigenvalue weighted by Crippen LogP contribution is 1.87. The fourth-order valence-corrected chi connectivity index (χ4v) is 2.43. The van der Waals surface area contributed by atoms with E-state index in [1.54, 1.807) is 6.08 Å². The van der Waals surface area contributed by atoms with Crippen molar-refractivity contribution < 1.29 is 47.4 Å². The van der Waals surface area contributed by atoms with Gasteiger partial charge in [0.15, 0.2) is 0 Å². The Balaban J connectivity index is 3.00. The van der Waals surface area contributed by atoms with Crippen LogP contribution in [0.15, 0.2) is 12.7 Å². The van der Waals surface area contributed by atoms with E-state index in [1.165, 1.54) is 0 Å². The van der Waals surface area contributed by atoms with E-state index in [4.69, 9.17) is 47.4 Å². The van der Waals surface area contributed by atoms with Crippen LogP contribution in [0.3, 0.4) is 0 Å². The van der Waals surface area contributed by atoms with Gasteiger partial charge < -0.3 is 47.4 Å². The molecular weight excluding hydrogens is 516 g/mol. The molecule has 0 aromatic rings. The van der Waals surface area contributed by atoms with E-state index in [-0.39, 0.29) is 0 Å². The van der Waals surface area contributed by atoms with Gasteiger partial charge in [-0.2, -0.15) is 0 Å². The Morgan fingerprint density at radius 3 is 0.765 bits per heavy atom. The maximum absolute atomic E-state index is 5.44. The van der Waals surface area contributed by atoms with Crippen molar-refractivity contribution in [1.29, 1.82) is 0 Å². The minimum atomic E-state index is 0.526. The Morgan fingerprint density at radius 2 is 0.559 bits per heavy atom. The molecule has 0 saturated carbocycles. The molecule has 0 aliphatic rings. The van der Waals surface area contributed by atoms with Gasteiger partial charge in [-0.05, 0) is 0 Å². The Labute approximate surface area is 213 Å². The van der Waals surface area contributed by atoms with Crippen LogP contribution < -0.4 is 0 Å². The molecule has 10 nitrogen and oxygen atoms in total. The Hall–Kier alpha value is -0.180. The Kier molecular flexibility index (Phi) is 32.6. The molecule has 34 heavy (non-hydrogen) atoms. The molecule has 0 aromatic carbocycles. The second-order valence-electron chi connectivity index (χ2n) is 6.56. The lowest BCUT2D eigenvalue weighted by Crippen LogP contribution is -2.15. The number of rotatable bonds is 31. The normalized spacial score (nSPS) is 11.3. The highest BCUT2D eigenvalue weighted by atomic mass is 79.9. The Bertz CT molecular complexity index is 380. The van der Waals surface area contributed by atoms with E-state index in [0.717, 1.165) is 5.33 Å². The standard InChI is InChI=1S/C23H45BrO10/c1-2-4-25-6-8-27-10-12-29-14-16-31-18-20-33-22-23-34-21-19-32-17-15-30-13-11-28-9-7-26-5-3-24/h2H,1,3-23H2. The molecule has 0 spiro atoms. The van der Waals surface area contributed by atoms with Gasteiger partial charge in [0.2, 0.25) is 0 Å². The molecule has 0 aromatic heterocycles. The molecule has 0 bridgehead atoms. The first-order valence-electron chi connectivity index (χ1n) is 11.9. The summed E-state index contributed by atoms with van der Waals surface area (Å²) in [4.78, 5) is 0. The zero-order valence-electron chi connectivity index (χ0n) is 20.6. The van der Waals surface area contributed by atoms with Crippen molar-refractivity contribution in [2.24, 2.45) is 0 Å². The molecule has 0 fully saturated rings. The fraction of sp³-hybridized carbons (Fsp3) is 0.913. The van der Waals surface area contributed by atoms with Crippen molar-refractivity contribution >= 4 is 15.9 Å². The van der Waals surface area contributed by atoms with Gasteiger partial charge in [-0.25, -0.2) is 0 Å². The van der Waals surface area contributed by atoms with Crippen LogP contribution >= 0.6 is 15.9 Å². The molecule has 0 aliphatic heterocycles. The quantitative estimate of drug-likeness (QED) is 0.0708. The number of alkyl halides is 1. The van der Waals surface area contributed by atoms with E-state index in [9.17, 15) is 0 Å². The summed E-state index contributed by atoms with van der Waals surface area (Å²) in [7, 11) is 0. The molecule has 0 unspecified atom stereocenters. The van der Waals surface area contributed by atoms with Crippen LogP contribution in [-0.2, 0) is 47.4 Å². The number of ether oxygens (including phenoxy) is 10. The van der Waals surface area contributed by atoms with Crippen LogP contribution in [0, 0.1) is 0 Å². The third-order valence-corrected chi connectivity index (χ3v) is 4.13. The lowest BCUT2D eigenvalue weighted by atomic mass is 10.6. The summed E-state index contributed by atoms with van der Waals surface area (Å²) in [6.45, 7) is 14.6. The van der Waals surface area contributed by atoms with Crippen molar-refractivity contribution in [2.75, 3.05) is 137 Å². The molecule has 0 aliphatic carbocycles. The van der Waals surface area contributed by atoms with Crippen LogP contribution in [0.1, 0.15) is 0 Å². The third kappa shape index (κ3) is 31.8. The van der Waals surface area contributed by atoms with Crippen LogP contribution in [-0.4, -0.2) is 137 Å². The van der Waals surface area contributed by atoms with Crippen molar-refractivity contribution in [3.8, 4) is 0 Å². The van der Waals surface area contributed by atoms with E-state index < -0.39 is 0 Å². The second-order valence-corrected chi connectivity index (χ2v) is 7.36. The van der Waals surface area contributed by atoms with Crippen molar-refractivity contribution in [3.63, 3.8) is 0 Å². The maximum Gasteiger partial charge on any atom is 0.0704 e. The minimum absolute atomic E-state index is 0.526.